The van der Waals surface area contributed by atoms with Crippen LogP contribution in [-0.4, -0.2) is 68.0 Å². The SMILES string of the molecule is CN1CC[C@@H](COCC2CC2)CC12CN(S(=O)(=O)c1cccnc1)C2. The van der Waals surface area contributed by atoms with Crippen molar-refractivity contribution in [2.75, 3.05) is 39.9 Å². The van der Waals surface area contributed by atoms with Gasteiger partial charge in [-0.25, -0.2) is 8.42 Å². The first-order valence-corrected chi connectivity index (χ1v) is 10.6. The first-order chi connectivity index (χ1) is 12.0. The predicted molar refractivity (Wildman–Crippen MR) is 94.6 cm³/mol. The van der Waals surface area contributed by atoms with Gasteiger partial charge >= 0.3 is 0 Å². The fourth-order valence-electron chi connectivity index (χ4n) is 4.04. The summed E-state index contributed by atoms with van der Waals surface area (Å²) in [6.07, 6.45) is 7.82. The Morgan fingerprint density at radius 2 is 2.00 bits per heavy atom. The summed E-state index contributed by atoms with van der Waals surface area (Å²) < 4.78 is 32.9. The van der Waals surface area contributed by atoms with Crippen LogP contribution in [0.25, 0.3) is 0 Å². The van der Waals surface area contributed by atoms with Gasteiger partial charge in [0.1, 0.15) is 4.90 Å². The summed E-state index contributed by atoms with van der Waals surface area (Å²) in [5.41, 5.74) is -0.0267. The summed E-state index contributed by atoms with van der Waals surface area (Å²) in [7, 11) is -1.31. The van der Waals surface area contributed by atoms with Crippen LogP contribution in [0.2, 0.25) is 0 Å². The average molecular weight is 365 g/mol. The van der Waals surface area contributed by atoms with E-state index in [1.165, 1.54) is 19.0 Å². The van der Waals surface area contributed by atoms with E-state index in [0.29, 0.717) is 19.0 Å². The lowest BCUT2D eigenvalue weighted by Gasteiger charge is -2.57. The molecular weight excluding hydrogens is 338 g/mol. The van der Waals surface area contributed by atoms with Gasteiger partial charge in [-0.2, -0.15) is 4.31 Å². The Kier molecular flexibility index (Phi) is 4.60. The van der Waals surface area contributed by atoms with E-state index in [0.717, 1.165) is 38.5 Å². The van der Waals surface area contributed by atoms with E-state index < -0.39 is 10.0 Å². The molecule has 25 heavy (non-hydrogen) atoms. The zero-order chi connectivity index (χ0) is 17.5. The minimum Gasteiger partial charge on any atom is -0.381 e. The molecule has 1 atom stereocenters. The van der Waals surface area contributed by atoms with Crippen LogP contribution in [0.5, 0.6) is 0 Å². The number of hydrogen-bond donors (Lipinski definition) is 0. The van der Waals surface area contributed by atoms with Crippen LogP contribution in [0.1, 0.15) is 25.7 Å². The monoisotopic (exact) mass is 365 g/mol. The molecule has 2 saturated heterocycles. The highest BCUT2D eigenvalue weighted by atomic mass is 32.2. The van der Waals surface area contributed by atoms with Crippen molar-refractivity contribution in [3.8, 4) is 0 Å². The van der Waals surface area contributed by atoms with E-state index in [9.17, 15) is 8.42 Å². The topological polar surface area (TPSA) is 62.7 Å². The van der Waals surface area contributed by atoms with Gasteiger partial charge in [0, 0.05) is 44.2 Å². The standard InChI is InChI=1S/C18H27N3O3S/c1-20-8-6-16(12-24-11-15-4-5-15)9-18(20)13-21(14-18)25(22,23)17-3-2-7-19-10-17/h2-3,7,10,15-16H,4-6,8-9,11-14H2,1H3/t16-/m1/s1. The fourth-order valence-corrected chi connectivity index (χ4v) is 5.60. The number of rotatable bonds is 6. The largest absolute Gasteiger partial charge is 0.381 e. The van der Waals surface area contributed by atoms with Crippen molar-refractivity contribution in [3.05, 3.63) is 24.5 Å². The molecule has 0 radical (unpaired) electrons. The van der Waals surface area contributed by atoms with Crippen molar-refractivity contribution < 1.29 is 13.2 Å². The van der Waals surface area contributed by atoms with Crippen LogP contribution in [0.3, 0.4) is 0 Å². The number of nitrogens with zero attached hydrogens (tertiary/aromatic N) is 3. The second-order valence-corrected chi connectivity index (χ2v) is 9.89. The highest BCUT2D eigenvalue weighted by Crippen LogP contribution is 2.40. The third kappa shape index (κ3) is 3.47. The molecule has 1 aromatic heterocycles. The number of aromatic nitrogens is 1. The van der Waals surface area contributed by atoms with Gasteiger partial charge < -0.3 is 4.74 Å². The Hall–Kier alpha value is -1.02. The summed E-state index contributed by atoms with van der Waals surface area (Å²) >= 11 is 0. The zero-order valence-electron chi connectivity index (χ0n) is 14.8. The predicted octanol–water partition coefficient (Wildman–Crippen LogP) is 1.59. The third-order valence-corrected chi connectivity index (χ3v) is 7.74. The number of likely N-dealkylation sites (N-methyl/N-ethyl adjacent to an activating group) is 1. The minimum atomic E-state index is -3.43. The second-order valence-electron chi connectivity index (χ2n) is 7.95. The number of pyridine rings is 1. The molecule has 7 heteroatoms. The van der Waals surface area contributed by atoms with Crippen molar-refractivity contribution in [1.29, 1.82) is 0 Å². The quantitative estimate of drug-likeness (QED) is 0.766. The van der Waals surface area contributed by atoms with Crippen molar-refractivity contribution >= 4 is 10.0 Å². The first-order valence-electron chi connectivity index (χ1n) is 9.19. The molecule has 1 aliphatic carbocycles. The molecule has 1 aromatic rings. The van der Waals surface area contributed by atoms with Gasteiger partial charge in [0.05, 0.1) is 0 Å². The Balaban J connectivity index is 1.37. The van der Waals surface area contributed by atoms with E-state index >= 15 is 0 Å². The summed E-state index contributed by atoms with van der Waals surface area (Å²) in [5.74, 6) is 1.34. The molecule has 2 aliphatic heterocycles. The summed E-state index contributed by atoms with van der Waals surface area (Å²) in [6.45, 7) is 3.88. The van der Waals surface area contributed by atoms with E-state index in [1.807, 2.05) is 0 Å². The number of sulfonamides is 1. The average Bonchev–Trinajstić information content (AvgIpc) is 3.39. The van der Waals surface area contributed by atoms with Gasteiger partial charge in [0.15, 0.2) is 0 Å². The van der Waals surface area contributed by atoms with Crippen molar-refractivity contribution in [1.82, 2.24) is 14.2 Å². The van der Waals surface area contributed by atoms with Crippen molar-refractivity contribution in [2.45, 2.75) is 36.1 Å². The summed E-state index contributed by atoms with van der Waals surface area (Å²) in [4.78, 5) is 6.57. The molecule has 6 nitrogen and oxygen atoms in total. The van der Waals surface area contributed by atoms with Gasteiger partial charge in [0.25, 0.3) is 0 Å². The Bertz CT molecular complexity index is 700. The number of hydrogen-bond acceptors (Lipinski definition) is 5. The maximum absolute atomic E-state index is 12.7. The normalized spacial score (nSPS) is 27.3. The third-order valence-electron chi connectivity index (χ3n) is 5.97. The van der Waals surface area contributed by atoms with Crippen LogP contribution in [0.4, 0.5) is 0 Å². The van der Waals surface area contributed by atoms with Crippen LogP contribution in [0.15, 0.2) is 29.4 Å². The molecule has 138 valence electrons. The van der Waals surface area contributed by atoms with E-state index in [1.54, 1.807) is 22.6 Å². The molecule has 0 N–H and O–H groups in total. The highest BCUT2D eigenvalue weighted by molar-refractivity contribution is 7.89. The maximum atomic E-state index is 12.7. The highest BCUT2D eigenvalue weighted by Gasteiger charge is 2.53. The van der Waals surface area contributed by atoms with E-state index in [2.05, 4.69) is 16.9 Å². The molecule has 0 aromatic carbocycles. The summed E-state index contributed by atoms with van der Waals surface area (Å²) in [6, 6.07) is 3.29. The first kappa shape index (κ1) is 17.4. The van der Waals surface area contributed by atoms with Crippen LogP contribution in [-0.2, 0) is 14.8 Å². The van der Waals surface area contributed by atoms with Gasteiger partial charge in [-0.3, -0.25) is 9.88 Å². The van der Waals surface area contributed by atoms with Crippen LogP contribution < -0.4 is 0 Å². The van der Waals surface area contributed by atoms with Gasteiger partial charge in [0.2, 0.25) is 10.0 Å². The maximum Gasteiger partial charge on any atom is 0.244 e. The molecule has 1 saturated carbocycles. The van der Waals surface area contributed by atoms with Crippen LogP contribution in [0, 0.1) is 11.8 Å². The van der Waals surface area contributed by atoms with E-state index in [4.69, 9.17) is 4.74 Å². The Labute approximate surface area is 150 Å². The van der Waals surface area contributed by atoms with Crippen LogP contribution >= 0.6 is 0 Å². The van der Waals surface area contributed by atoms with Crippen molar-refractivity contribution in [3.63, 3.8) is 0 Å². The smallest absolute Gasteiger partial charge is 0.244 e. The lowest BCUT2D eigenvalue weighted by Crippen LogP contribution is -2.72. The Morgan fingerprint density at radius 3 is 2.68 bits per heavy atom. The lowest BCUT2D eigenvalue weighted by atomic mass is 9.77. The molecule has 3 aliphatic rings. The molecule has 0 amide bonds. The molecule has 3 fully saturated rings. The number of likely N-dealkylation sites (tertiary alicyclic amines) is 1. The number of ether oxygens (including phenoxy) is 1. The van der Waals surface area contributed by atoms with Gasteiger partial charge in [-0.15, -0.1) is 0 Å². The molecule has 1 spiro atoms. The molecule has 3 heterocycles. The molecular formula is C18H27N3O3S. The van der Waals surface area contributed by atoms with Crippen molar-refractivity contribution in [2.24, 2.45) is 11.8 Å². The van der Waals surface area contributed by atoms with Gasteiger partial charge in [-0.05, 0) is 63.2 Å². The molecule has 0 bridgehead atoms. The second kappa shape index (κ2) is 6.61. The number of piperidine rings is 1. The van der Waals surface area contributed by atoms with Gasteiger partial charge in [-0.1, -0.05) is 0 Å². The molecule has 0 unspecified atom stereocenters. The Morgan fingerprint density at radius 1 is 1.24 bits per heavy atom. The fraction of sp³-hybridized carbons (Fsp3) is 0.722. The lowest BCUT2D eigenvalue weighted by molar-refractivity contribution is -0.0591. The molecule has 4 rings (SSSR count). The van der Waals surface area contributed by atoms with E-state index in [-0.39, 0.29) is 10.4 Å². The zero-order valence-corrected chi connectivity index (χ0v) is 15.6. The summed E-state index contributed by atoms with van der Waals surface area (Å²) in [5, 5.41) is 0. The minimum absolute atomic E-state index is 0.0267.